The number of para-hydroxylation sites is 2. The standard InChI is InChI=1S/C23H31N5O3/c1-15(2)21(22-25-17-6-4-5-7-18(17)26-22)27-23(29)24-14-19(20-9-8-16(3)31-20)28-10-12-30-13-11-28/h4-9,15,19,21H,10-14H2,1-3H3,(H,25,26)(H2,24,27,29). The Morgan fingerprint density at radius 2 is 1.97 bits per heavy atom. The topological polar surface area (TPSA) is 95.4 Å². The van der Waals surface area contributed by atoms with Crippen molar-refractivity contribution in [3.8, 4) is 0 Å². The summed E-state index contributed by atoms with van der Waals surface area (Å²) in [5.41, 5.74) is 1.86. The Morgan fingerprint density at radius 1 is 1.19 bits per heavy atom. The number of urea groups is 1. The van der Waals surface area contributed by atoms with Crippen molar-refractivity contribution in [2.45, 2.75) is 32.9 Å². The van der Waals surface area contributed by atoms with Gasteiger partial charge in [0.25, 0.3) is 0 Å². The summed E-state index contributed by atoms with van der Waals surface area (Å²) in [6, 6.07) is 11.3. The fourth-order valence-electron chi connectivity index (χ4n) is 3.98. The molecule has 0 bridgehead atoms. The molecule has 2 aromatic heterocycles. The summed E-state index contributed by atoms with van der Waals surface area (Å²) in [5.74, 6) is 2.66. The summed E-state index contributed by atoms with van der Waals surface area (Å²) in [6.45, 7) is 9.50. The molecule has 3 N–H and O–H groups in total. The number of nitrogens with one attached hydrogen (secondary N) is 3. The Labute approximate surface area is 182 Å². The van der Waals surface area contributed by atoms with E-state index in [0.29, 0.717) is 19.8 Å². The molecule has 0 radical (unpaired) electrons. The maximum absolute atomic E-state index is 12.8. The Kier molecular flexibility index (Phi) is 6.58. The molecule has 3 aromatic rings. The first-order chi connectivity index (χ1) is 15.0. The number of aryl methyl sites for hydroxylation is 1. The van der Waals surface area contributed by atoms with Crippen LogP contribution >= 0.6 is 0 Å². The zero-order chi connectivity index (χ0) is 21.8. The number of carbonyl (C=O) groups is 1. The maximum Gasteiger partial charge on any atom is 0.315 e. The van der Waals surface area contributed by atoms with Gasteiger partial charge in [0.1, 0.15) is 17.3 Å². The number of hydrogen-bond donors (Lipinski definition) is 3. The molecule has 8 heteroatoms. The predicted octanol–water partition coefficient (Wildman–Crippen LogP) is 3.53. The lowest BCUT2D eigenvalue weighted by Gasteiger charge is -2.33. The summed E-state index contributed by atoms with van der Waals surface area (Å²) in [5, 5.41) is 6.13. The Morgan fingerprint density at radius 3 is 2.65 bits per heavy atom. The van der Waals surface area contributed by atoms with Crippen LogP contribution in [0.15, 0.2) is 40.8 Å². The van der Waals surface area contributed by atoms with Gasteiger partial charge in [-0.3, -0.25) is 4.90 Å². The number of aromatic amines is 1. The van der Waals surface area contributed by atoms with Crippen LogP contribution in [0.1, 0.15) is 43.3 Å². The number of amides is 2. The molecule has 1 aliphatic rings. The number of furan rings is 1. The van der Waals surface area contributed by atoms with Gasteiger partial charge in [-0.15, -0.1) is 0 Å². The van der Waals surface area contributed by atoms with E-state index in [4.69, 9.17) is 9.15 Å². The highest BCUT2D eigenvalue weighted by atomic mass is 16.5. The van der Waals surface area contributed by atoms with Crippen LogP contribution in [-0.4, -0.2) is 53.7 Å². The first-order valence-corrected chi connectivity index (χ1v) is 10.9. The molecule has 1 fully saturated rings. The maximum atomic E-state index is 12.8. The lowest BCUT2D eigenvalue weighted by molar-refractivity contribution is 0.0121. The van der Waals surface area contributed by atoms with Crippen LogP contribution in [0.4, 0.5) is 4.79 Å². The predicted molar refractivity (Wildman–Crippen MR) is 119 cm³/mol. The molecule has 0 spiro atoms. The van der Waals surface area contributed by atoms with Gasteiger partial charge in [-0.1, -0.05) is 26.0 Å². The second kappa shape index (κ2) is 9.53. The van der Waals surface area contributed by atoms with E-state index in [1.807, 2.05) is 43.3 Å². The van der Waals surface area contributed by atoms with Gasteiger partial charge < -0.3 is 24.8 Å². The minimum atomic E-state index is -0.222. The van der Waals surface area contributed by atoms with Gasteiger partial charge in [-0.05, 0) is 37.1 Å². The Hall–Kier alpha value is -2.84. The van der Waals surface area contributed by atoms with Crippen molar-refractivity contribution in [1.82, 2.24) is 25.5 Å². The minimum absolute atomic E-state index is 0.0351. The molecule has 0 saturated carbocycles. The zero-order valence-corrected chi connectivity index (χ0v) is 18.4. The fraction of sp³-hybridized carbons (Fsp3) is 0.478. The van der Waals surface area contributed by atoms with E-state index >= 15 is 0 Å². The van der Waals surface area contributed by atoms with E-state index in [9.17, 15) is 4.79 Å². The van der Waals surface area contributed by atoms with E-state index in [0.717, 1.165) is 41.5 Å². The fourth-order valence-corrected chi connectivity index (χ4v) is 3.98. The Balaban J connectivity index is 1.43. The summed E-state index contributed by atoms with van der Waals surface area (Å²) < 4.78 is 11.4. The summed E-state index contributed by atoms with van der Waals surface area (Å²) in [4.78, 5) is 23.1. The third kappa shape index (κ3) is 5.08. The number of aromatic nitrogens is 2. The van der Waals surface area contributed by atoms with Crippen molar-refractivity contribution in [3.63, 3.8) is 0 Å². The number of fused-ring (bicyclic) bond motifs is 1. The molecule has 1 saturated heterocycles. The van der Waals surface area contributed by atoms with Crippen LogP contribution in [0.2, 0.25) is 0 Å². The highest BCUT2D eigenvalue weighted by Gasteiger charge is 2.27. The molecule has 0 aliphatic carbocycles. The summed E-state index contributed by atoms with van der Waals surface area (Å²) in [6.07, 6.45) is 0. The molecule has 2 atom stereocenters. The van der Waals surface area contributed by atoms with Gasteiger partial charge >= 0.3 is 6.03 Å². The molecule has 2 unspecified atom stereocenters. The monoisotopic (exact) mass is 425 g/mol. The van der Waals surface area contributed by atoms with E-state index in [-0.39, 0.29) is 24.0 Å². The van der Waals surface area contributed by atoms with Crippen molar-refractivity contribution in [2.24, 2.45) is 5.92 Å². The van der Waals surface area contributed by atoms with Crippen molar-refractivity contribution in [2.75, 3.05) is 32.8 Å². The molecule has 8 nitrogen and oxygen atoms in total. The zero-order valence-electron chi connectivity index (χ0n) is 18.4. The third-order valence-corrected chi connectivity index (χ3v) is 5.69. The van der Waals surface area contributed by atoms with Crippen molar-refractivity contribution >= 4 is 17.1 Å². The number of carbonyl (C=O) groups excluding carboxylic acids is 1. The average molecular weight is 426 g/mol. The van der Waals surface area contributed by atoms with Gasteiger partial charge in [0.05, 0.1) is 36.3 Å². The molecule has 1 aromatic carbocycles. The summed E-state index contributed by atoms with van der Waals surface area (Å²) in [7, 11) is 0. The smallest absolute Gasteiger partial charge is 0.315 e. The molecular weight excluding hydrogens is 394 g/mol. The lowest BCUT2D eigenvalue weighted by atomic mass is 10.0. The number of ether oxygens (including phenoxy) is 1. The second-order valence-corrected chi connectivity index (χ2v) is 8.33. The average Bonchev–Trinajstić information content (AvgIpc) is 3.39. The van der Waals surface area contributed by atoms with Crippen molar-refractivity contribution < 1.29 is 13.9 Å². The molecule has 31 heavy (non-hydrogen) atoms. The number of rotatable bonds is 7. The number of hydrogen-bond acceptors (Lipinski definition) is 5. The van der Waals surface area contributed by atoms with Gasteiger partial charge in [0, 0.05) is 19.6 Å². The SMILES string of the molecule is Cc1ccc(C(CNC(=O)NC(c2nc3ccccc3[nH]2)C(C)C)N2CCOCC2)o1. The van der Waals surface area contributed by atoms with Crippen LogP contribution in [0.5, 0.6) is 0 Å². The number of nitrogens with zero attached hydrogens (tertiary/aromatic N) is 2. The third-order valence-electron chi connectivity index (χ3n) is 5.69. The molecule has 2 amide bonds. The minimum Gasteiger partial charge on any atom is -0.465 e. The number of imidazole rings is 1. The number of morpholine rings is 1. The van der Waals surface area contributed by atoms with Gasteiger partial charge in [-0.25, -0.2) is 9.78 Å². The number of benzene rings is 1. The van der Waals surface area contributed by atoms with Crippen LogP contribution in [0.25, 0.3) is 11.0 Å². The molecule has 166 valence electrons. The molecular formula is C23H31N5O3. The molecule has 3 heterocycles. The lowest BCUT2D eigenvalue weighted by Crippen LogP contribution is -2.46. The Bertz CT molecular complexity index is 972. The quantitative estimate of drug-likeness (QED) is 0.538. The van der Waals surface area contributed by atoms with Crippen LogP contribution in [0, 0.1) is 12.8 Å². The second-order valence-electron chi connectivity index (χ2n) is 8.33. The van der Waals surface area contributed by atoms with E-state index in [1.54, 1.807) is 0 Å². The highest BCUT2D eigenvalue weighted by Crippen LogP contribution is 2.24. The first kappa shape index (κ1) is 21.4. The normalized spacial score (nSPS) is 17.0. The van der Waals surface area contributed by atoms with Crippen LogP contribution in [0.3, 0.4) is 0 Å². The van der Waals surface area contributed by atoms with Crippen LogP contribution < -0.4 is 10.6 Å². The van der Waals surface area contributed by atoms with Gasteiger partial charge in [0.15, 0.2) is 0 Å². The number of H-pyrrole nitrogens is 1. The van der Waals surface area contributed by atoms with Gasteiger partial charge in [0.2, 0.25) is 0 Å². The first-order valence-electron chi connectivity index (χ1n) is 10.9. The van der Waals surface area contributed by atoms with E-state index < -0.39 is 0 Å². The van der Waals surface area contributed by atoms with Crippen LogP contribution in [-0.2, 0) is 4.74 Å². The molecule has 4 rings (SSSR count). The molecule has 1 aliphatic heterocycles. The highest BCUT2D eigenvalue weighted by molar-refractivity contribution is 5.76. The van der Waals surface area contributed by atoms with E-state index in [2.05, 4.69) is 39.3 Å². The summed E-state index contributed by atoms with van der Waals surface area (Å²) >= 11 is 0. The van der Waals surface area contributed by atoms with Crippen molar-refractivity contribution in [1.29, 1.82) is 0 Å². The largest absolute Gasteiger partial charge is 0.465 e. The van der Waals surface area contributed by atoms with Crippen molar-refractivity contribution in [3.05, 3.63) is 53.7 Å². The van der Waals surface area contributed by atoms with E-state index in [1.165, 1.54) is 0 Å². The van der Waals surface area contributed by atoms with Gasteiger partial charge in [-0.2, -0.15) is 0 Å².